The topological polar surface area (TPSA) is 102 Å². The first-order valence-corrected chi connectivity index (χ1v) is 17.8. The zero-order valence-corrected chi connectivity index (χ0v) is 29.4. The van der Waals surface area contributed by atoms with Gasteiger partial charge in [0.1, 0.15) is 31.2 Å². The fourth-order valence-corrected chi connectivity index (χ4v) is 10.0. The number of hydrogen-bond acceptors (Lipinski definition) is 9. The highest BCUT2D eigenvalue weighted by atomic mass is 16.7. The minimum Gasteiger partial charge on any atom is -0.496 e. The number of benzene rings is 1. The average Bonchev–Trinajstić information content (AvgIpc) is 3.42. The molecular formula is C39H53NO8. The van der Waals surface area contributed by atoms with Gasteiger partial charge < -0.3 is 28.5 Å². The molecule has 48 heavy (non-hydrogen) atoms. The van der Waals surface area contributed by atoms with E-state index in [1.807, 2.05) is 30.3 Å². The molecule has 1 aromatic rings. The second kappa shape index (κ2) is 14.4. The summed E-state index contributed by atoms with van der Waals surface area (Å²) in [6, 6.07) is 7.94. The van der Waals surface area contributed by atoms with Crippen molar-refractivity contribution in [2.45, 2.75) is 117 Å². The number of hydrogen-bond donors (Lipinski definition) is 0. The van der Waals surface area contributed by atoms with Gasteiger partial charge in [-0.1, -0.05) is 48.9 Å². The summed E-state index contributed by atoms with van der Waals surface area (Å²) in [7, 11) is 1.69. The lowest BCUT2D eigenvalue weighted by Crippen LogP contribution is -2.51. The average molecular weight is 664 g/mol. The number of carbonyl (C=O) groups is 2. The predicted molar refractivity (Wildman–Crippen MR) is 181 cm³/mol. The van der Waals surface area contributed by atoms with Crippen molar-refractivity contribution in [1.82, 2.24) is 0 Å². The molecule has 3 fully saturated rings. The second-order valence-corrected chi connectivity index (χ2v) is 15.1. The van der Waals surface area contributed by atoms with Crippen molar-refractivity contribution in [3.8, 4) is 5.75 Å². The molecule has 262 valence electrons. The molecule has 3 saturated carbocycles. The maximum atomic E-state index is 11.6. The van der Waals surface area contributed by atoms with Crippen molar-refractivity contribution in [3.05, 3.63) is 53.6 Å². The van der Waals surface area contributed by atoms with Gasteiger partial charge >= 0.3 is 11.9 Å². The summed E-state index contributed by atoms with van der Waals surface area (Å²) in [6.45, 7) is 10.3. The predicted octanol–water partition coefficient (Wildman–Crippen LogP) is 7.33. The van der Waals surface area contributed by atoms with Crippen LogP contribution in [0.2, 0.25) is 0 Å². The number of fused-ring (bicyclic) bond motifs is 5. The van der Waals surface area contributed by atoms with Crippen LogP contribution in [0.4, 0.5) is 0 Å². The maximum absolute atomic E-state index is 11.6. The monoisotopic (exact) mass is 663 g/mol. The van der Waals surface area contributed by atoms with E-state index in [1.165, 1.54) is 45.1 Å². The zero-order chi connectivity index (χ0) is 34.1. The van der Waals surface area contributed by atoms with E-state index >= 15 is 0 Å². The van der Waals surface area contributed by atoms with Gasteiger partial charge in [-0.15, -0.1) is 0 Å². The van der Waals surface area contributed by atoms with E-state index < -0.39 is 30.4 Å². The number of rotatable bonds is 10. The number of carbonyl (C=O) groups excluding carboxylic acids is 2. The third kappa shape index (κ3) is 6.95. The molecule has 0 amide bonds. The Bertz CT molecular complexity index is 1440. The standard InChI is InChI=1S/C39H53NO8/c1-24(40-45-22-27-9-7-8-10-34(27)43-6)31-13-14-32-30-12-11-28-21-29(17-19-38(28,4)33(30)18-20-39(31,32)5)47-37-16-15-35(46-26(3)42)36(48-37)23-44-25(2)41/h7-11,15-16,29-33,35-37H,12-14,17-23H2,1-6H3/b40-24+/t29?,30?,31-,32?,33?,35+,36-,37?,38+,39-/m1/s1. The van der Waals surface area contributed by atoms with Gasteiger partial charge in [0, 0.05) is 25.3 Å². The summed E-state index contributed by atoms with van der Waals surface area (Å²) in [6.07, 6.45) is 13.3. The summed E-state index contributed by atoms with van der Waals surface area (Å²) >= 11 is 0. The number of methoxy groups -OCH3 is 1. The van der Waals surface area contributed by atoms with Crippen LogP contribution in [0.1, 0.15) is 91.5 Å². The fourth-order valence-electron chi connectivity index (χ4n) is 10.0. The quantitative estimate of drug-likeness (QED) is 0.111. The van der Waals surface area contributed by atoms with Crippen LogP contribution in [0.25, 0.3) is 0 Å². The molecular weight excluding hydrogens is 610 g/mol. The highest BCUT2D eigenvalue weighted by molar-refractivity contribution is 5.85. The molecule has 0 aromatic heterocycles. The van der Waals surface area contributed by atoms with Gasteiger partial charge in [0.25, 0.3) is 0 Å². The molecule has 1 aromatic carbocycles. The molecule has 0 N–H and O–H groups in total. The Morgan fingerprint density at radius 2 is 1.79 bits per heavy atom. The van der Waals surface area contributed by atoms with Gasteiger partial charge in [0.15, 0.2) is 6.29 Å². The number of nitrogens with zero attached hydrogens (tertiary/aromatic N) is 1. The van der Waals surface area contributed by atoms with E-state index in [1.54, 1.807) is 13.2 Å². The van der Waals surface area contributed by atoms with Crippen LogP contribution < -0.4 is 4.74 Å². The Morgan fingerprint density at radius 3 is 2.56 bits per heavy atom. The van der Waals surface area contributed by atoms with Crippen molar-refractivity contribution in [1.29, 1.82) is 0 Å². The second-order valence-electron chi connectivity index (χ2n) is 15.1. The van der Waals surface area contributed by atoms with Crippen LogP contribution in [0.15, 0.2) is 53.2 Å². The van der Waals surface area contributed by atoms with Crippen molar-refractivity contribution in [2.75, 3.05) is 13.7 Å². The Kier molecular flexibility index (Phi) is 10.4. The minimum absolute atomic E-state index is 0.00327. The molecule has 9 nitrogen and oxygen atoms in total. The molecule has 10 atom stereocenters. The molecule has 5 aliphatic rings. The Hall–Kier alpha value is -3.17. The van der Waals surface area contributed by atoms with E-state index in [9.17, 15) is 9.59 Å². The van der Waals surface area contributed by atoms with Gasteiger partial charge in [-0.2, -0.15) is 0 Å². The lowest BCUT2D eigenvalue weighted by Gasteiger charge is -2.58. The molecule has 0 bridgehead atoms. The number of oxime groups is 1. The SMILES string of the molecule is COc1ccccc1CO/N=C(\C)[C@H]1CCC2C3CC=C4CC(OC5C=C[C@H](OC(C)=O)[C@@H](COC(C)=O)O5)CC[C@]4(C)C3CC[C@@]21C. The van der Waals surface area contributed by atoms with E-state index in [4.69, 9.17) is 28.5 Å². The van der Waals surface area contributed by atoms with Crippen molar-refractivity contribution in [2.24, 2.45) is 39.7 Å². The van der Waals surface area contributed by atoms with Crippen LogP contribution in [-0.4, -0.2) is 56.0 Å². The number of ether oxygens (including phenoxy) is 5. The third-order valence-electron chi connectivity index (χ3n) is 12.4. The van der Waals surface area contributed by atoms with Crippen molar-refractivity contribution < 1.29 is 38.1 Å². The van der Waals surface area contributed by atoms with Gasteiger partial charge in [-0.25, -0.2) is 0 Å². The largest absolute Gasteiger partial charge is 0.496 e. The summed E-state index contributed by atoms with van der Waals surface area (Å²) in [5, 5.41) is 4.67. The molecule has 9 heteroatoms. The van der Waals surface area contributed by atoms with Gasteiger partial charge in [-0.05, 0) is 105 Å². The van der Waals surface area contributed by atoms with Gasteiger partial charge in [0.05, 0.1) is 18.9 Å². The highest BCUT2D eigenvalue weighted by Crippen LogP contribution is 2.66. The molecule has 5 unspecified atom stereocenters. The van der Waals surface area contributed by atoms with Crippen molar-refractivity contribution >= 4 is 17.7 Å². The van der Waals surface area contributed by atoms with Crippen LogP contribution >= 0.6 is 0 Å². The molecule has 1 aliphatic heterocycles. The Labute approximate surface area is 285 Å². The van der Waals surface area contributed by atoms with Gasteiger partial charge in [0.2, 0.25) is 0 Å². The van der Waals surface area contributed by atoms with Crippen LogP contribution in [0.3, 0.4) is 0 Å². The number of esters is 2. The first-order chi connectivity index (χ1) is 23.0. The first-order valence-electron chi connectivity index (χ1n) is 17.8. The van der Waals surface area contributed by atoms with E-state index in [0.29, 0.717) is 30.3 Å². The normalized spacial score (nSPS) is 37.4. The van der Waals surface area contributed by atoms with Crippen LogP contribution in [-0.2, 0) is 40.0 Å². The Morgan fingerprint density at radius 1 is 0.979 bits per heavy atom. The fraction of sp³-hybridized carbons (Fsp3) is 0.667. The number of allylic oxidation sites excluding steroid dienone is 1. The molecule has 4 aliphatic carbocycles. The smallest absolute Gasteiger partial charge is 0.303 e. The zero-order valence-electron chi connectivity index (χ0n) is 29.4. The molecule has 6 rings (SSSR count). The van der Waals surface area contributed by atoms with E-state index in [-0.39, 0.29) is 23.5 Å². The van der Waals surface area contributed by atoms with Crippen LogP contribution in [0.5, 0.6) is 5.75 Å². The summed E-state index contributed by atoms with van der Waals surface area (Å²) in [5.74, 6) is 2.50. The first kappa shape index (κ1) is 34.7. The molecule has 1 heterocycles. The maximum Gasteiger partial charge on any atom is 0.303 e. The summed E-state index contributed by atoms with van der Waals surface area (Å²) in [5.41, 5.74) is 4.09. The highest BCUT2D eigenvalue weighted by Gasteiger charge is 2.59. The minimum atomic E-state index is -0.623. The lowest BCUT2D eigenvalue weighted by atomic mass is 9.47. The Balaban J connectivity index is 1.08. The van der Waals surface area contributed by atoms with Gasteiger partial charge in [-0.3, -0.25) is 9.59 Å². The lowest BCUT2D eigenvalue weighted by molar-refractivity contribution is -0.213. The van der Waals surface area contributed by atoms with Crippen LogP contribution in [0, 0.1) is 34.5 Å². The summed E-state index contributed by atoms with van der Waals surface area (Å²) < 4.78 is 28.7. The van der Waals surface area contributed by atoms with Crippen molar-refractivity contribution in [3.63, 3.8) is 0 Å². The molecule has 0 radical (unpaired) electrons. The van der Waals surface area contributed by atoms with E-state index in [2.05, 4.69) is 32.0 Å². The molecule has 0 saturated heterocycles. The molecule has 0 spiro atoms. The van der Waals surface area contributed by atoms with E-state index in [0.717, 1.165) is 42.7 Å². The number of para-hydroxylation sites is 1. The summed E-state index contributed by atoms with van der Waals surface area (Å²) in [4.78, 5) is 29.0. The third-order valence-corrected chi connectivity index (χ3v) is 12.4.